The molecule has 76 valence electrons. The van der Waals surface area contributed by atoms with Crippen LogP contribution in [-0.4, -0.2) is 16.2 Å². The van der Waals surface area contributed by atoms with Crippen molar-refractivity contribution in [2.24, 2.45) is 0 Å². The van der Waals surface area contributed by atoms with Gasteiger partial charge in [0, 0.05) is 0 Å². The quantitative estimate of drug-likeness (QED) is 0.773. The standard InChI is InChI=1S/C11H14O3/c1-2-8(7-11(13)14)9-3-5-10(12)6-4-9/h3-6,8,12H,2,7H2,1H3,(H,13,14)/t8-/m1/s1. The molecule has 0 bridgehead atoms. The van der Waals surface area contributed by atoms with Crippen LogP contribution < -0.4 is 0 Å². The number of carboxylic acid groups (broad SMARTS) is 1. The summed E-state index contributed by atoms with van der Waals surface area (Å²) in [5.41, 5.74) is 0.965. The SMILES string of the molecule is CC[C@H](CC(=O)O)c1ccc(O)cc1. The minimum Gasteiger partial charge on any atom is -0.508 e. The Morgan fingerprint density at radius 3 is 2.36 bits per heavy atom. The van der Waals surface area contributed by atoms with Crippen molar-refractivity contribution in [1.29, 1.82) is 0 Å². The lowest BCUT2D eigenvalue weighted by Crippen LogP contribution is -2.05. The molecule has 0 spiro atoms. The number of aliphatic carboxylic acids is 1. The number of carboxylic acids is 1. The van der Waals surface area contributed by atoms with Gasteiger partial charge in [-0.3, -0.25) is 4.79 Å². The van der Waals surface area contributed by atoms with Gasteiger partial charge in [-0.2, -0.15) is 0 Å². The summed E-state index contributed by atoms with van der Waals surface area (Å²) < 4.78 is 0. The molecule has 0 fully saturated rings. The fraction of sp³-hybridized carbons (Fsp3) is 0.364. The zero-order valence-corrected chi connectivity index (χ0v) is 8.10. The third kappa shape index (κ3) is 2.76. The first-order valence-corrected chi connectivity index (χ1v) is 4.64. The Morgan fingerprint density at radius 2 is 1.93 bits per heavy atom. The van der Waals surface area contributed by atoms with Crippen molar-refractivity contribution in [2.45, 2.75) is 25.7 Å². The van der Waals surface area contributed by atoms with Crippen LogP contribution in [0.2, 0.25) is 0 Å². The van der Waals surface area contributed by atoms with Crippen LogP contribution in [0.4, 0.5) is 0 Å². The summed E-state index contributed by atoms with van der Waals surface area (Å²) >= 11 is 0. The minimum atomic E-state index is -0.787. The van der Waals surface area contributed by atoms with E-state index in [1.807, 2.05) is 6.92 Å². The van der Waals surface area contributed by atoms with Crippen LogP contribution in [0.15, 0.2) is 24.3 Å². The first kappa shape index (κ1) is 10.6. The lowest BCUT2D eigenvalue weighted by Gasteiger charge is -2.12. The summed E-state index contributed by atoms with van der Waals surface area (Å²) in [4.78, 5) is 10.6. The molecular weight excluding hydrogens is 180 g/mol. The van der Waals surface area contributed by atoms with Gasteiger partial charge in [-0.1, -0.05) is 19.1 Å². The van der Waals surface area contributed by atoms with Crippen LogP contribution in [-0.2, 0) is 4.79 Å². The number of phenols is 1. The van der Waals surface area contributed by atoms with Gasteiger partial charge in [0.05, 0.1) is 6.42 Å². The number of benzene rings is 1. The zero-order valence-electron chi connectivity index (χ0n) is 8.10. The van der Waals surface area contributed by atoms with E-state index in [-0.39, 0.29) is 18.1 Å². The molecule has 0 amide bonds. The molecule has 3 nitrogen and oxygen atoms in total. The molecule has 1 aromatic carbocycles. The van der Waals surface area contributed by atoms with Crippen LogP contribution in [0.25, 0.3) is 0 Å². The number of hydrogen-bond donors (Lipinski definition) is 2. The smallest absolute Gasteiger partial charge is 0.303 e. The fourth-order valence-electron chi connectivity index (χ4n) is 1.46. The molecule has 0 heterocycles. The third-order valence-corrected chi connectivity index (χ3v) is 2.28. The second kappa shape index (κ2) is 4.65. The molecule has 1 aromatic rings. The van der Waals surface area contributed by atoms with Crippen molar-refractivity contribution in [3.63, 3.8) is 0 Å². The summed E-state index contributed by atoms with van der Waals surface area (Å²) in [6, 6.07) is 6.71. The van der Waals surface area contributed by atoms with Gasteiger partial charge >= 0.3 is 5.97 Å². The molecule has 1 atom stereocenters. The molecule has 0 aliphatic rings. The van der Waals surface area contributed by atoms with Crippen LogP contribution in [0.5, 0.6) is 5.75 Å². The van der Waals surface area contributed by atoms with Gasteiger partial charge < -0.3 is 10.2 Å². The lowest BCUT2D eigenvalue weighted by atomic mass is 9.93. The summed E-state index contributed by atoms with van der Waals surface area (Å²) in [5, 5.41) is 17.8. The molecule has 2 N–H and O–H groups in total. The Kier molecular flexibility index (Phi) is 3.51. The maximum Gasteiger partial charge on any atom is 0.303 e. The zero-order chi connectivity index (χ0) is 10.6. The highest BCUT2D eigenvalue weighted by molar-refractivity contribution is 5.68. The normalized spacial score (nSPS) is 12.4. The van der Waals surface area contributed by atoms with Gasteiger partial charge in [-0.15, -0.1) is 0 Å². The molecule has 0 aliphatic heterocycles. The largest absolute Gasteiger partial charge is 0.508 e. The van der Waals surface area contributed by atoms with Crippen molar-refractivity contribution in [3.05, 3.63) is 29.8 Å². The molecule has 0 aromatic heterocycles. The third-order valence-electron chi connectivity index (χ3n) is 2.28. The number of aromatic hydroxyl groups is 1. The molecule has 0 radical (unpaired) electrons. The van der Waals surface area contributed by atoms with Gasteiger partial charge in [0.1, 0.15) is 5.75 Å². The van der Waals surface area contributed by atoms with Crippen LogP contribution >= 0.6 is 0 Å². The number of rotatable bonds is 4. The van der Waals surface area contributed by atoms with E-state index >= 15 is 0 Å². The first-order chi connectivity index (χ1) is 6.63. The van der Waals surface area contributed by atoms with Crippen LogP contribution in [0, 0.1) is 0 Å². The van der Waals surface area contributed by atoms with Gasteiger partial charge in [0.25, 0.3) is 0 Å². The molecule has 0 saturated carbocycles. The number of hydrogen-bond acceptors (Lipinski definition) is 2. The van der Waals surface area contributed by atoms with E-state index in [0.717, 1.165) is 12.0 Å². The summed E-state index contributed by atoms with van der Waals surface area (Å²) in [6.07, 6.45) is 0.929. The van der Waals surface area contributed by atoms with Crippen LogP contribution in [0.3, 0.4) is 0 Å². The second-order valence-corrected chi connectivity index (χ2v) is 3.29. The van der Waals surface area contributed by atoms with Gasteiger partial charge in [-0.05, 0) is 30.0 Å². The topological polar surface area (TPSA) is 57.5 Å². The number of phenolic OH excluding ortho intramolecular Hbond substituents is 1. The summed E-state index contributed by atoms with van der Waals surface area (Å²) in [5.74, 6) is -0.544. The van der Waals surface area contributed by atoms with E-state index in [0.29, 0.717) is 0 Å². The van der Waals surface area contributed by atoms with Crippen molar-refractivity contribution in [3.8, 4) is 5.75 Å². The predicted molar refractivity (Wildman–Crippen MR) is 53.4 cm³/mol. The summed E-state index contributed by atoms with van der Waals surface area (Å²) in [7, 11) is 0. The van der Waals surface area contributed by atoms with Crippen molar-refractivity contribution in [2.75, 3.05) is 0 Å². The highest BCUT2D eigenvalue weighted by Crippen LogP contribution is 2.24. The number of carbonyl (C=O) groups is 1. The van der Waals surface area contributed by atoms with Crippen molar-refractivity contribution < 1.29 is 15.0 Å². The molecule has 0 aliphatic carbocycles. The maximum absolute atomic E-state index is 10.6. The van der Waals surface area contributed by atoms with Crippen molar-refractivity contribution in [1.82, 2.24) is 0 Å². The van der Waals surface area contributed by atoms with Gasteiger partial charge in [0.2, 0.25) is 0 Å². The van der Waals surface area contributed by atoms with Crippen molar-refractivity contribution >= 4 is 5.97 Å². The van der Waals surface area contributed by atoms with E-state index in [9.17, 15) is 4.79 Å². The van der Waals surface area contributed by atoms with Gasteiger partial charge in [0.15, 0.2) is 0 Å². The average molecular weight is 194 g/mol. The van der Waals surface area contributed by atoms with E-state index in [1.165, 1.54) is 0 Å². The fourth-order valence-corrected chi connectivity index (χ4v) is 1.46. The Labute approximate surface area is 83.0 Å². The van der Waals surface area contributed by atoms with Gasteiger partial charge in [-0.25, -0.2) is 0 Å². The maximum atomic E-state index is 10.6. The predicted octanol–water partition coefficient (Wildman–Crippen LogP) is 2.36. The van der Waals surface area contributed by atoms with E-state index in [4.69, 9.17) is 10.2 Å². The molecule has 1 rings (SSSR count). The molecule has 14 heavy (non-hydrogen) atoms. The first-order valence-electron chi connectivity index (χ1n) is 4.64. The second-order valence-electron chi connectivity index (χ2n) is 3.29. The molecule has 3 heteroatoms. The van der Waals surface area contributed by atoms with E-state index in [2.05, 4.69) is 0 Å². The summed E-state index contributed by atoms with van der Waals surface area (Å²) in [6.45, 7) is 1.96. The average Bonchev–Trinajstić information content (AvgIpc) is 2.15. The Hall–Kier alpha value is -1.51. The lowest BCUT2D eigenvalue weighted by molar-refractivity contribution is -0.137. The molecule has 0 saturated heterocycles. The van der Waals surface area contributed by atoms with E-state index < -0.39 is 5.97 Å². The Balaban J connectivity index is 2.78. The highest BCUT2D eigenvalue weighted by atomic mass is 16.4. The van der Waals surface area contributed by atoms with E-state index in [1.54, 1.807) is 24.3 Å². The monoisotopic (exact) mass is 194 g/mol. The van der Waals surface area contributed by atoms with Crippen LogP contribution in [0.1, 0.15) is 31.2 Å². The molecular formula is C11H14O3. The highest BCUT2D eigenvalue weighted by Gasteiger charge is 2.12. The minimum absolute atomic E-state index is 0.0353. The molecule has 0 unspecified atom stereocenters. The Bertz CT molecular complexity index is 303. The Morgan fingerprint density at radius 1 is 1.36 bits per heavy atom.